The lowest BCUT2D eigenvalue weighted by atomic mass is 10.1. The molecule has 0 amide bonds. The topological polar surface area (TPSA) is 64.1 Å². The molecule has 0 radical (unpaired) electrons. The second kappa shape index (κ2) is 10.2. The summed E-state index contributed by atoms with van der Waals surface area (Å²) in [6.45, 7) is 5.74. The maximum Gasteiger partial charge on any atom is 0.0608 e. The molecule has 0 aromatic rings. The van der Waals surface area contributed by atoms with Crippen LogP contribution in [0.5, 0.6) is 0 Å². The summed E-state index contributed by atoms with van der Waals surface area (Å²) < 4.78 is 0. The molecule has 0 bridgehead atoms. The van der Waals surface area contributed by atoms with Gasteiger partial charge in [0.1, 0.15) is 0 Å². The van der Waals surface area contributed by atoms with Crippen molar-refractivity contribution in [2.24, 2.45) is 5.16 Å². The highest BCUT2D eigenvalue weighted by molar-refractivity contribution is 5.85. The van der Waals surface area contributed by atoms with Crippen LogP contribution in [0.15, 0.2) is 17.8 Å². The third kappa shape index (κ3) is 7.28. The number of allylic oxidation sites excluding steroid dienone is 1. The lowest BCUT2D eigenvalue weighted by Gasteiger charge is -1.98. The number of oxime groups is 1. The number of hydrogen-bond acceptors (Lipinski definition) is 2. The van der Waals surface area contributed by atoms with E-state index in [0.717, 1.165) is 18.6 Å². The van der Waals surface area contributed by atoms with E-state index in [1.165, 1.54) is 12.8 Å². The second-order valence-electron chi connectivity index (χ2n) is 2.62. The number of rotatable bonds is 6. The molecule has 0 aliphatic rings. The minimum atomic E-state index is 0. The Kier molecular flexibility index (Phi) is 11.6. The smallest absolute Gasteiger partial charge is 0.0608 e. The molecule has 0 saturated carbocycles. The van der Waals surface area contributed by atoms with Crippen molar-refractivity contribution in [3.63, 3.8) is 0 Å². The van der Waals surface area contributed by atoms with Crippen LogP contribution in [0.1, 0.15) is 39.0 Å². The molecule has 0 aromatic carbocycles. The second-order valence-corrected chi connectivity index (χ2v) is 2.62. The molecule has 12 heavy (non-hydrogen) atoms. The highest BCUT2D eigenvalue weighted by Crippen LogP contribution is 2.03. The van der Waals surface area contributed by atoms with E-state index >= 15 is 0 Å². The standard InChI is InChI=1S/C9H17NO.H2O/c1-3-5-6-8-9(10-11)7-4-2;/h4,11H,2-3,5-8H2,1H3;1H2. The first-order chi connectivity index (χ1) is 5.35. The first-order valence-electron chi connectivity index (χ1n) is 4.15. The molecular weight excluding hydrogens is 154 g/mol. The predicted molar refractivity (Wildman–Crippen MR) is 51.8 cm³/mol. The van der Waals surface area contributed by atoms with Gasteiger partial charge in [0.05, 0.1) is 5.71 Å². The van der Waals surface area contributed by atoms with E-state index < -0.39 is 0 Å². The van der Waals surface area contributed by atoms with Gasteiger partial charge in [-0.05, 0) is 12.8 Å². The molecule has 0 spiro atoms. The largest absolute Gasteiger partial charge is 0.412 e. The normalized spacial score (nSPS) is 10.6. The van der Waals surface area contributed by atoms with Crippen LogP contribution in [0.3, 0.4) is 0 Å². The van der Waals surface area contributed by atoms with Gasteiger partial charge in [-0.15, -0.1) is 6.58 Å². The molecule has 0 atom stereocenters. The Bertz CT molecular complexity index is 132. The zero-order valence-corrected chi connectivity index (χ0v) is 7.71. The molecule has 0 aliphatic heterocycles. The summed E-state index contributed by atoms with van der Waals surface area (Å²) in [5.74, 6) is 0. The first-order valence-corrected chi connectivity index (χ1v) is 4.15. The van der Waals surface area contributed by atoms with Crippen LogP contribution in [0.4, 0.5) is 0 Å². The Hall–Kier alpha value is -0.830. The van der Waals surface area contributed by atoms with Gasteiger partial charge in [-0.1, -0.05) is 31.0 Å². The maximum absolute atomic E-state index is 8.50. The Balaban J connectivity index is 0. The molecule has 3 N–H and O–H groups in total. The minimum Gasteiger partial charge on any atom is -0.412 e. The van der Waals surface area contributed by atoms with Gasteiger partial charge in [0.25, 0.3) is 0 Å². The minimum absolute atomic E-state index is 0. The molecule has 0 aliphatic carbocycles. The van der Waals surface area contributed by atoms with Crippen molar-refractivity contribution in [3.05, 3.63) is 12.7 Å². The van der Waals surface area contributed by atoms with E-state index in [0.29, 0.717) is 6.42 Å². The average Bonchev–Trinajstić information content (AvgIpc) is 2.03. The molecule has 72 valence electrons. The SMILES string of the molecule is C=CCC(CCCCC)=NO.O. The maximum atomic E-state index is 8.50. The molecule has 3 nitrogen and oxygen atoms in total. The van der Waals surface area contributed by atoms with E-state index in [4.69, 9.17) is 5.21 Å². The van der Waals surface area contributed by atoms with E-state index in [1.807, 2.05) is 0 Å². The summed E-state index contributed by atoms with van der Waals surface area (Å²) >= 11 is 0. The van der Waals surface area contributed by atoms with Crippen molar-refractivity contribution in [3.8, 4) is 0 Å². The fourth-order valence-electron chi connectivity index (χ4n) is 0.939. The molecule has 0 saturated heterocycles. The van der Waals surface area contributed by atoms with Crippen LogP contribution in [0, 0.1) is 0 Å². The molecular formula is C9H19NO2. The molecule has 0 rings (SSSR count). The Morgan fingerprint density at radius 1 is 1.50 bits per heavy atom. The molecule has 3 heteroatoms. The van der Waals surface area contributed by atoms with Crippen molar-refractivity contribution >= 4 is 5.71 Å². The highest BCUT2D eigenvalue weighted by atomic mass is 16.4. The Morgan fingerprint density at radius 3 is 2.58 bits per heavy atom. The third-order valence-corrected chi connectivity index (χ3v) is 1.59. The van der Waals surface area contributed by atoms with Crippen LogP contribution in [0.25, 0.3) is 0 Å². The fraction of sp³-hybridized carbons (Fsp3) is 0.667. The van der Waals surface area contributed by atoms with Crippen molar-refractivity contribution < 1.29 is 10.7 Å². The van der Waals surface area contributed by atoms with Crippen LogP contribution in [0.2, 0.25) is 0 Å². The van der Waals surface area contributed by atoms with Gasteiger partial charge < -0.3 is 10.7 Å². The van der Waals surface area contributed by atoms with Gasteiger partial charge in [0.2, 0.25) is 0 Å². The van der Waals surface area contributed by atoms with Crippen molar-refractivity contribution in [1.82, 2.24) is 0 Å². The van der Waals surface area contributed by atoms with Crippen LogP contribution >= 0.6 is 0 Å². The summed E-state index contributed by atoms with van der Waals surface area (Å²) in [7, 11) is 0. The lowest BCUT2D eigenvalue weighted by Crippen LogP contribution is -1.96. The van der Waals surface area contributed by atoms with Gasteiger partial charge in [-0.3, -0.25) is 0 Å². The van der Waals surface area contributed by atoms with Gasteiger partial charge in [0, 0.05) is 6.42 Å². The van der Waals surface area contributed by atoms with Crippen molar-refractivity contribution in [2.75, 3.05) is 0 Å². The molecule has 0 aromatic heterocycles. The summed E-state index contributed by atoms with van der Waals surface area (Å²) in [5.41, 5.74) is 0.841. The van der Waals surface area contributed by atoms with Gasteiger partial charge in [-0.25, -0.2) is 0 Å². The van der Waals surface area contributed by atoms with Crippen LogP contribution in [-0.2, 0) is 0 Å². The zero-order chi connectivity index (χ0) is 8.53. The summed E-state index contributed by atoms with van der Waals surface area (Å²) in [4.78, 5) is 0. The zero-order valence-electron chi connectivity index (χ0n) is 7.71. The lowest BCUT2D eigenvalue weighted by molar-refractivity contribution is 0.316. The first kappa shape index (κ1) is 13.7. The fourth-order valence-corrected chi connectivity index (χ4v) is 0.939. The Labute approximate surface area is 74.1 Å². The number of hydrogen-bond donors (Lipinski definition) is 1. The molecule has 0 unspecified atom stereocenters. The number of nitrogens with zero attached hydrogens (tertiary/aromatic N) is 1. The summed E-state index contributed by atoms with van der Waals surface area (Å²) in [5, 5.41) is 11.7. The molecule has 0 heterocycles. The van der Waals surface area contributed by atoms with E-state index in [2.05, 4.69) is 18.7 Å². The summed E-state index contributed by atoms with van der Waals surface area (Å²) in [6, 6.07) is 0. The van der Waals surface area contributed by atoms with Gasteiger partial charge >= 0.3 is 0 Å². The molecule has 0 fully saturated rings. The highest BCUT2D eigenvalue weighted by Gasteiger charge is 1.96. The average molecular weight is 173 g/mol. The van der Waals surface area contributed by atoms with E-state index in [1.54, 1.807) is 6.08 Å². The monoisotopic (exact) mass is 173 g/mol. The third-order valence-electron chi connectivity index (χ3n) is 1.59. The van der Waals surface area contributed by atoms with E-state index in [-0.39, 0.29) is 5.48 Å². The van der Waals surface area contributed by atoms with E-state index in [9.17, 15) is 0 Å². The van der Waals surface area contributed by atoms with Gasteiger partial charge in [-0.2, -0.15) is 0 Å². The van der Waals surface area contributed by atoms with Crippen LogP contribution in [-0.4, -0.2) is 16.4 Å². The Morgan fingerprint density at radius 2 is 2.17 bits per heavy atom. The van der Waals surface area contributed by atoms with Crippen molar-refractivity contribution in [1.29, 1.82) is 0 Å². The summed E-state index contributed by atoms with van der Waals surface area (Å²) in [6.07, 6.45) is 6.89. The predicted octanol–water partition coefficient (Wildman–Crippen LogP) is 2.15. The van der Waals surface area contributed by atoms with Crippen molar-refractivity contribution in [2.45, 2.75) is 39.0 Å². The van der Waals surface area contributed by atoms with Gasteiger partial charge in [0.15, 0.2) is 0 Å². The number of unbranched alkanes of at least 4 members (excludes halogenated alkanes) is 2. The quantitative estimate of drug-likeness (QED) is 0.216. The van der Waals surface area contributed by atoms with Crippen LogP contribution < -0.4 is 0 Å².